The lowest BCUT2D eigenvalue weighted by Crippen LogP contribution is -2.49. The third-order valence-electron chi connectivity index (χ3n) is 4.19. The number of morpholine rings is 1. The number of benzene rings is 1. The van der Waals surface area contributed by atoms with Crippen molar-refractivity contribution in [2.45, 2.75) is 6.10 Å². The largest absolute Gasteiger partial charge is 0.370 e. The first-order valence-corrected chi connectivity index (χ1v) is 8.66. The number of hydrogen-bond acceptors (Lipinski definition) is 4. The molecule has 1 fully saturated rings. The topological polar surface area (TPSA) is 83.8 Å². The summed E-state index contributed by atoms with van der Waals surface area (Å²) in [5.41, 5.74) is 1.42. The minimum atomic E-state index is -0.397. The van der Waals surface area contributed by atoms with Gasteiger partial charge in [-0.05, 0) is 18.2 Å². The highest BCUT2D eigenvalue weighted by Gasteiger charge is 2.25. The summed E-state index contributed by atoms with van der Waals surface area (Å²) in [5.74, 6) is -0.0632. The number of nitrogens with zero attached hydrogens (tertiary/aromatic N) is 4. The van der Waals surface area contributed by atoms with Gasteiger partial charge in [0.15, 0.2) is 5.96 Å². The molecule has 9 heteroatoms. The van der Waals surface area contributed by atoms with E-state index < -0.39 is 5.82 Å². The van der Waals surface area contributed by atoms with Gasteiger partial charge in [0.2, 0.25) is 5.91 Å². The van der Waals surface area contributed by atoms with Crippen molar-refractivity contribution >= 4 is 17.6 Å². The second kappa shape index (κ2) is 8.63. The minimum Gasteiger partial charge on any atom is -0.370 e. The Morgan fingerprint density at radius 3 is 3.04 bits per heavy atom. The Morgan fingerprint density at radius 1 is 1.48 bits per heavy atom. The number of hydrogen-bond donors (Lipinski definition) is 2. The van der Waals surface area contributed by atoms with Gasteiger partial charge in [0, 0.05) is 38.1 Å². The molecule has 0 saturated carbocycles. The van der Waals surface area contributed by atoms with Crippen LogP contribution in [-0.4, -0.2) is 59.8 Å². The van der Waals surface area contributed by atoms with Gasteiger partial charge >= 0.3 is 0 Å². The van der Waals surface area contributed by atoms with Crippen molar-refractivity contribution in [1.29, 1.82) is 0 Å². The molecule has 0 radical (unpaired) electrons. The van der Waals surface area contributed by atoms with Crippen LogP contribution in [0.4, 0.5) is 10.1 Å². The maximum Gasteiger partial charge on any atom is 0.243 e. The molecule has 1 aromatic heterocycles. The van der Waals surface area contributed by atoms with E-state index >= 15 is 0 Å². The van der Waals surface area contributed by atoms with Crippen LogP contribution in [0.2, 0.25) is 0 Å². The van der Waals surface area contributed by atoms with E-state index in [9.17, 15) is 9.18 Å². The van der Waals surface area contributed by atoms with Gasteiger partial charge in [-0.25, -0.2) is 4.39 Å². The van der Waals surface area contributed by atoms with Gasteiger partial charge in [0.1, 0.15) is 11.9 Å². The second-order valence-electron chi connectivity index (χ2n) is 6.21. The molecule has 144 valence electrons. The smallest absolute Gasteiger partial charge is 0.243 e. The molecule has 27 heavy (non-hydrogen) atoms. The Morgan fingerprint density at radius 2 is 2.33 bits per heavy atom. The van der Waals surface area contributed by atoms with E-state index in [1.165, 1.54) is 12.1 Å². The molecule has 1 aliphatic rings. The summed E-state index contributed by atoms with van der Waals surface area (Å²) >= 11 is 0. The van der Waals surface area contributed by atoms with Gasteiger partial charge in [-0.1, -0.05) is 6.07 Å². The van der Waals surface area contributed by atoms with Gasteiger partial charge in [-0.3, -0.25) is 14.5 Å². The fraction of sp³-hybridized carbons (Fsp3) is 0.389. The van der Waals surface area contributed by atoms with E-state index in [0.29, 0.717) is 31.3 Å². The van der Waals surface area contributed by atoms with Crippen molar-refractivity contribution < 1.29 is 13.9 Å². The van der Waals surface area contributed by atoms with Crippen LogP contribution < -0.4 is 10.6 Å². The Bertz CT molecular complexity index is 822. The number of rotatable bonds is 4. The van der Waals surface area contributed by atoms with Crippen LogP contribution in [-0.2, 0) is 16.6 Å². The molecule has 1 atom stereocenters. The lowest BCUT2D eigenvalue weighted by molar-refractivity contribution is -0.115. The predicted molar refractivity (Wildman–Crippen MR) is 99.9 cm³/mol. The molecule has 8 nitrogen and oxygen atoms in total. The van der Waals surface area contributed by atoms with Crippen LogP contribution in [0.5, 0.6) is 0 Å². The SMILES string of the molecule is CN=C(NCC(=O)Nc1cccc(F)c1)N1CCOC(c2cnn(C)c2)C1. The molecule has 1 aliphatic heterocycles. The number of carbonyl (C=O) groups is 1. The third kappa shape index (κ3) is 5.04. The van der Waals surface area contributed by atoms with Crippen LogP contribution >= 0.6 is 0 Å². The summed E-state index contributed by atoms with van der Waals surface area (Å²) in [6.45, 7) is 1.85. The average molecular weight is 374 g/mol. The fourth-order valence-corrected chi connectivity index (χ4v) is 2.91. The normalized spacial score (nSPS) is 17.7. The van der Waals surface area contributed by atoms with Crippen molar-refractivity contribution in [3.05, 3.63) is 48.0 Å². The van der Waals surface area contributed by atoms with Crippen molar-refractivity contribution in [3.8, 4) is 0 Å². The van der Waals surface area contributed by atoms with Crippen molar-refractivity contribution in [3.63, 3.8) is 0 Å². The van der Waals surface area contributed by atoms with Crippen molar-refractivity contribution in [2.24, 2.45) is 12.0 Å². The number of ether oxygens (including phenoxy) is 1. The molecular weight excluding hydrogens is 351 g/mol. The molecule has 3 rings (SSSR count). The highest BCUT2D eigenvalue weighted by atomic mass is 19.1. The van der Waals surface area contributed by atoms with E-state index in [1.807, 2.05) is 18.1 Å². The number of aryl methyl sites for hydroxylation is 1. The highest BCUT2D eigenvalue weighted by molar-refractivity contribution is 5.95. The van der Waals surface area contributed by atoms with E-state index in [1.54, 1.807) is 30.1 Å². The number of guanidine groups is 1. The lowest BCUT2D eigenvalue weighted by Gasteiger charge is -2.34. The highest BCUT2D eigenvalue weighted by Crippen LogP contribution is 2.21. The molecule has 0 aliphatic carbocycles. The number of carbonyl (C=O) groups excluding carboxylic acids is 1. The Hall–Kier alpha value is -2.94. The summed E-state index contributed by atoms with van der Waals surface area (Å²) in [5, 5.41) is 9.88. The summed E-state index contributed by atoms with van der Waals surface area (Å²) in [4.78, 5) is 18.4. The maximum atomic E-state index is 13.2. The average Bonchev–Trinajstić information content (AvgIpc) is 3.09. The molecule has 1 unspecified atom stereocenters. The number of aliphatic imine (C=N–C) groups is 1. The monoisotopic (exact) mass is 374 g/mol. The number of anilines is 1. The molecule has 1 saturated heterocycles. The molecule has 1 aromatic carbocycles. The predicted octanol–water partition coefficient (Wildman–Crippen LogP) is 1.15. The van der Waals surface area contributed by atoms with Crippen LogP contribution in [0.1, 0.15) is 11.7 Å². The zero-order chi connectivity index (χ0) is 19.2. The number of halogens is 1. The number of nitrogens with one attached hydrogen (secondary N) is 2. The standard InChI is InChI=1S/C18H23FN6O2/c1-20-18(21-10-17(26)23-15-5-3-4-14(19)8-15)25-6-7-27-16(12-25)13-9-22-24(2)11-13/h3-5,8-9,11,16H,6-7,10,12H2,1-2H3,(H,20,21)(H,23,26). The quantitative estimate of drug-likeness (QED) is 0.620. The van der Waals surface area contributed by atoms with Crippen molar-refractivity contribution in [1.82, 2.24) is 20.0 Å². The third-order valence-corrected chi connectivity index (χ3v) is 4.19. The van der Waals surface area contributed by atoms with Gasteiger partial charge in [-0.15, -0.1) is 0 Å². The Balaban J connectivity index is 1.54. The molecule has 0 bridgehead atoms. The molecule has 2 N–H and O–H groups in total. The molecule has 1 amide bonds. The van der Waals surface area contributed by atoms with Gasteiger partial charge in [0.25, 0.3) is 0 Å². The molecular formula is C18H23FN6O2. The van der Waals surface area contributed by atoms with Crippen LogP contribution in [0.3, 0.4) is 0 Å². The molecule has 0 spiro atoms. The van der Waals surface area contributed by atoms with Gasteiger partial charge in [-0.2, -0.15) is 5.10 Å². The van der Waals surface area contributed by atoms with Crippen molar-refractivity contribution in [2.75, 3.05) is 38.6 Å². The lowest BCUT2D eigenvalue weighted by atomic mass is 10.1. The first-order chi connectivity index (χ1) is 13.0. The van der Waals surface area contributed by atoms with Gasteiger partial charge < -0.3 is 20.3 Å². The van der Waals surface area contributed by atoms with Crippen LogP contribution in [0, 0.1) is 5.82 Å². The van der Waals surface area contributed by atoms with E-state index in [2.05, 4.69) is 20.7 Å². The summed E-state index contributed by atoms with van der Waals surface area (Å²) in [7, 11) is 3.53. The fourth-order valence-electron chi connectivity index (χ4n) is 2.91. The summed E-state index contributed by atoms with van der Waals surface area (Å²) in [6, 6.07) is 5.78. The Labute approximate surface area is 157 Å². The van der Waals surface area contributed by atoms with Crippen LogP contribution in [0.25, 0.3) is 0 Å². The second-order valence-corrected chi connectivity index (χ2v) is 6.21. The Kier molecular flexibility index (Phi) is 6.02. The first kappa shape index (κ1) is 18.8. The summed E-state index contributed by atoms with van der Waals surface area (Å²) < 4.78 is 20.8. The van der Waals surface area contributed by atoms with Gasteiger partial charge in [0.05, 0.1) is 25.9 Å². The zero-order valence-electron chi connectivity index (χ0n) is 15.4. The van der Waals surface area contributed by atoms with E-state index in [4.69, 9.17) is 4.74 Å². The maximum absolute atomic E-state index is 13.2. The van der Waals surface area contributed by atoms with Crippen LogP contribution in [0.15, 0.2) is 41.7 Å². The number of aromatic nitrogens is 2. The zero-order valence-corrected chi connectivity index (χ0v) is 15.4. The molecule has 2 aromatic rings. The van der Waals surface area contributed by atoms with E-state index in [-0.39, 0.29) is 18.6 Å². The first-order valence-electron chi connectivity index (χ1n) is 8.66. The minimum absolute atomic E-state index is 0.0259. The van der Waals surface area contributed by atoms with E-state index in [0.717, 1.165) is 5.56 Å². The number of amides is 1. The molecule has 2 heterocycles. The summed E-state index contributed by atoms with van der Waals surface area (Å²) in [6.07, 6.45) is 3.61.